The molecule has 1 fully saturated rings. The Morgan fingerprint density at radius 2 is 1.80 bits per heavy atom. The Labute approximate surface area is 91.9 Å². The van der Waals surface area contributed by atoms with E-state index < -0.39 is 5.54 Å². The first-order chi connectivity index (χ1) is 7.09. The summed E-state index contributed by atoms with van der Waals surface area (Å²) in [6, 6.07) is 2.31. The molecule has 0 saturated heterocycles. The van der Waals surface area contributed by atoms with Crippen molar-refractivity contribution in [2.45, 2.75) is 57.9 Å². The van der Waals surface area contributed by atoms with E-state index in [0.717, 1.165) is 25.7 Å². The van der Waals surface area contributed by atoms with Gasteiger partial charge in [0.15, 0.2) is 0 Å². The van der Waals surface area contributed by atoms with E-state index in [1.165, 1.54) is 12.8 Å². The summed E-state index contributed by atoms with van der Waals surface area (Å²) >= 11 is 0. The third-order valence-electron chi connectivity index (χ3n) is 3.06. The van der Waals surface area contributed by atoms with E-state index in [2.05, 4.69) is 11.4 Å². The highest BCUT2D eigenvalue weighted by Crippen LogP contribution is 2.26. The molecule has 3 heteroatoms. The number of carbonyl (C=O) groups excluding carboxylic acids is 1. The minimum atomic E-state index is -0.585. The van der Waals surface area contributed by atoms with Crippen LogP contribution in [-0.2, 0) is 4.79 Å². The Morgan fingerprint density at radius 1 is 1.27 bits per heavy atom. The van der Waals surface area contributed by atoms with Crippen LogP contribution in [0.15, 0.2) is 0 Å². The van der Waals surface area contributed by atoms with Crippen molar-refractivity contribution < 1.29 is 4.79 Å². The standard InChI is InChI=1S/C12H20N2O/c1-10(2)11(15)14-12(9-13)7-5-3-4-6-8-12/h10H,3-8H2,1-2H3,(H,14,15). The molecule has 0 heterocycles. The number of amides is 1. The lowest BCUT2D eigenvalue weighted by Crippen LogP contribution is -2.48. The Balaban J connectivity index is 2.67. The molecule has 1 aliphatic carbocycles. The van der Waals surface area contributed by atoms with Crippen LogP contribution in [0.2, 0.25) is 0 Å². The summed E-state index contributed by atoms with van der Waals surface area (Å²) in [4.78, 5) is 11.6. The topological polar surface area (TPSA) is 52.9 Å². The van der Waals surface area contributed by atoms with E-state index in [1.807, 2.05) is 13.8 Å². The van der Waals surface area contributed by atoms with Crippen LogP contribution < -0.4 is 5.32 Å². The molecule has 1 amide bonds. The van der Waals surface area contributed by atoms with Crippen molar-refractivity contribution in [2.24, 2.45) is 5.92 Å². The van der Waals surface area contributed by atoms with Crippen LogP contribution in [0.25, 0.3) is 0 Å². The predicted molar refractivity (Wildman–Crippen MR) is 59.0 cm³/mol. The van der Waals surface area contributed by atoms with E-state index in [1.54, 1.807) is 0 Å². The molecular weight excluding hydrogens is 188 g/mol. The molecule has 1 aliphatic rings. The zero-order valence-corrected chi connectivity index (χ0v) is 9.68. The third-order valence-corrected chi connectivity index (χ3v) is 3.06. The molecule has 0 atom stereocenters. The second-order valence-corrected chi connectivity index (χ2v) is 4.75. The van der Waals surface area contributed by atoms with Gasteiger partial charge in [-0.1, -0.05) is 39.5 Å². The largest absolute Gasteiger partial charge is 0.338 e. The Morgan fingerprint density at radius 3 is 2.20 bits per heavy atom. The minimum absolute atomic E-state index is 0.00144. The van der Waals surface area contributed by atoms with Crippen LogP contribution in [-0.4, -0.2) is 11.4 Å². The molecule has 0 aromatic carbocycles. The van der Waals surface area contributed by atoms with Gasteiger partial charge in [-0.3, -0.25) is 4.79 Å². The minimum Gasteiger partial charge on any atom is -0.338 e. The van der Waals surface area contributed by atoms with E-state index in [0.29, 0.717) is 0 Å². The first-order valence-electron chi connectivity index (χ1n) is 5.83. The van der Waals surface area contributed by atoms with Crippen LogP contribution in [0.3, 0.4) is 0 Å². The zero-order chi connectivity index (χ0) is 11.3. The van der Waals surface area contributed by atoms with Gasteiger partial charge in [-0.25, -0.2) is 0 Å². The van der Waals surface area contributed by atoms with Gasteiger partial charge in [0.25, 0.3) is 0 Å². The van der Waals surface area contributed by atoms with Gasteiger partial charge in [-0.15, -0.1) is 0 Å². The molecule has 0 spiro atoms. The van der Waals surface area contributed by atoms with Crippen molar-refractivity contribution >= 4 is 5.91 Å². The molecule has 0 radical (unpaired) electrons. The van der Waals surface area contributed by atoms with Crippen molar-refractivity contribution in [1.82, 2.24) is 5.32 Å². The summed E-state index contributed by atoms with van der Waals surface area (Å²) < 4.78 is 0. The van der Waals surface area contributed by atoms with Crippen LogP contribution in [0.5, 0.6) is 0 Å². The third kappa shape index (κ3) is 3.23. The summed E-state index contributed by atoms with van der Waals surface area (Å²) in [7, 11) is 0. The molecule has 1 N–H and O–H groups in total. The molecule has 0 aromatic rings. The smallest absolute Gasteiger partial charge is 0.223 e. The summed E-state index contributed by atoms with van der Waals surface area (Å²) in [5.74, 6) is -0.0445. The monoisotopic (exact) mass is 208 g/mol. The molecule has 0 unspecified atom stereocenters. The molecule has 84 valence electrons. The Hall–Kier alpha value is -1.04. The van der Waals surface area contributed by atoms with E-state index in [4.69, 9.17) is 0 Å². The average molecular weight is 208 g/mol. The summed E-state index contributed by atoms with van der Waals surface area (Å²) in [6.45, 7) is 3.72. The van der Waals surface area contributed by atoms with Crippen molar-refractivity contribution in [2.75, 3.05) is 0 Å². The van der Waals surface area contributed by atoms with Gasteiger partial charge in [0.1, 0.15) is 5.54 Å². The lowest BCUT2D eigenvalue weighted by Gasteiger charge is -2.27. The lowest BCUT2D eigenvalue weighted by atomic mass is 9.91. The van der Waals surface area contributed by atoms with Gasteiger partial charge in [0, 0.05) is 5.92 Å². The molecule has 3 nitrogen and oxygen atoms in total. The maximum absolute atomic E-state index is 11.6. The number of nitriles is 1. The van der Waals surface area contributed by atoms with Crippen LogP contribution in [0.4, 0.5) is 0 Å². The number of rotatable bonds is 2. The highest BCUT2D eigenvalue weighted by molar-refractivity contribution is 5.79. The number of carbonyl (C=O) groups is 1. The van der Waals surface area contributed by atoms with E-state index in [9.17, 15) is 10.1 Å². The fourth-order valence-corrected chi connectivity index (χ4v) is 1.98. The second-order valence-electron chi connectivity index (χ2n) is 4.75. The number of hydrogen-bond donors (Lipinski definition) is 1. The maximum atomic E-state index is 11.6. The van der Waals surface area contributed by atoms with Crippen molar-refractivity contribution in [1.29, 1.82) is 5.26 Å². The Bertz CT molecular complexity index is 257. The second kappa shape index (κ2) is 5.16. The van der Waals surface area contributed by atoms with Gasteiger partial charge >= 0.3 is 0 Å². The first kappa shape index (κ1) is 12.0. The zero-order valence-electron chi connectivity index (χ0n) is 9.68. The molecule has 1 rings (SSSR count). The molecule has 0 bridgehead atoms. The predicted octanol–water partition coefficient (Wildman–Crippen LogP) is 2.38. The number of nitrogens with one attached hydrogen (secondary N) is 1. The van der Waals surface area contributed by atoms with Crippen molar-refractivity contribution in [3.8, 4) is 6.07 Å². The van der Waals surface area contributed by atoms with Gasteiger partial charge in [-0.2, -0.15) is 5.26 Å². The fourth-order valence-electron chi connectivity index (χ4n) is 1.98. The first-order valence-corrected chi connectivity index (χ1v) is 5.83. The highest BCUT2D eigenvalue weighted by Gasteiger charge is 2.32. The number of nitrogens with zero attached hydrogens (tertiary/aromatic N) is 1. The van der Waals surface area contributed by atoms with Crippen LogP contribution in [0, 0.1) is 17.2 Å². The van der Waals surface area contributed by atoms with Crippen LogP contribution in [0.1, 0.15) is 52.4 Å². The summed E-state index contributed by atoms with van der Waals surface area (Å²) in [5, 5.41) is 12.2. The van der Waals surface area contributed by atoms with Crippen LogP contribution >= 0.6 is 0 Å². The highest BCUT2D eigenvalue weighted by atomic mass is 16.2. The molecule has 15 heavy (non-hydrogen) atoms. The van der Waals surface area contributed by atoms with Gasteiger partial charge < -0.3 is 5.32 Å². The molecule has 0 aliphatic heterocycles. The maximum Gasteiger partial charge on any atom is 0.223 e. The quantitative estimate of drug-likeness (QED) is 0.708. The average Bonchev–Trinajstić information content (AvgIpc) is 2.44. The fraction of sp³-hybridized carbons (Fsp3) is 0.833. The normalized spacial score (nSPS) is 20.4. The summed E-state index contributed by atoms with van der Waals surface area (Å²) in [5.41, 5.74) is -0.585. The Kier molecular flexibility index (Phi) is 4.14. The van der Waals surface area contributed by atoms with Crippen molar-refractivity contribution in [3.05, 3.63) is 0 Å². The lowest BCUT2D eigenvalue weighted by molar-refractivity contribution is -0.125. The van der Waals surface area contributed by atoms with Gasteiger partial charge in [-0.05, 0) is 12.8 Å². The van der Waals surface area contributed by atoms with E-state index in [-0.39, 0.29) is 11.8 Å². The van der Waals surface area contributed by atoms with Crippen molar-refractivity contribution in [3.63, 3.8) is 0 Å². The molecule has 0 aromatic heterocycles. The van der Waals surface area contributed by atoms with E-state index >= 15 is 0 Å². The SMILES string of the molecule is CC(C)C(=O)NC1(C#N)CCCCCC1. The summed E-state index contributed by atoms with van der Waals surface area (Å²) in [6.07, 6.45) is 6.07. The van der Waals surface area contributed by atoms with Gasteiger partial charge in [0.2, 0.25) is 5.91 Å². The molecular formula is C12H20N2O. The van der Waals surface area contributed by atoms with Gasteiger partial charge in [0.05, 0.1) is 6.07 Å². The molecule has 1 saturated carbocycles. The number of hydrogen-bond acceptors (Lipinski definition) is 2.